The van der Waals surface area contributed by atoms with Gasteiger partial charge in [0.15, 0.2) is 5.82 Å². The highest BCUT2D eigenvalue weighted by atomic mass is 16.2. The SMILES string of the molecule is CN(C)C/C=C/C(=O)N1CCN(c2cn3ccccc3n2)C(=O)C1. The first-order valence-corrected chi connectivity index (χ1v) is 7.89. The van der Waals surface area contributed by atoms with Crippen molar-refractivity contribution in [2.45, 2.75) is 0 Å². The number of carbonyl (C=O) groups is 2. The molecule has 0 bridgehead atoms. The molecule has 1 fully saturated rings. The summed E-state index contributed by atoms with van der Waals surface area (Å²) < 4.78 is 1.88. The first kappa shape index (κ1) is 16.2. The summed E-state index contributed by atoms with van der Waals surface area (Å²) in [6, 6.07) is 5.71. The van der Waals surface area contributed by atoms with E-state index in [9.17, 15) is 9.59 Å². The molecule has 0 aromatic carbocycles. The van der Waals surface area contributed by atoms with E-state index in [0.717, 1.165) is 5.65 Å². The molecule has 0 unspecified atom stereocenters. The summed E-state index contributed by atoms with van der Waals surface area (Å²) in [5.74, 6) is 0.389. The molecule has 24 heavy (non-hydrogen) atoms. The minimum Gasteiger partial charge on any atom is -0.328 e. The zero-order valence-corrected chi connectivity index (χ0v) is 13.9. The van der Waals surface area contributed by atoms with Crippen LogP contribution in [-0.2, 0) is 9.59 Å². The molecule has 3 heterocycles. The molecule has 3 rings (SSSR count). The quantitative estimate of drug-likeness (QED) is 0.773. The van der Waals surface area contributed by atoms with E-state index < -0.39 is 0 Å². The fraction of sp³-hybridized carbons (Fsp3) is 0.353. The molecule has 0 aliphatic carbocycles. The van der Waals surface area contributed by atoms with Crippen molar-refractivity contribution in [1.29, 1.82) is 0 Å². The summed E-state index contributed by atoms with van der Waals surface area (Å²) in [7, 11) is 3.87. The van der Waals surface area contributed by atoms with Crippen LogP contribution in [0.1, 0.15) is 0 Å². The molecule has 2 aromatic rings. The second-order valence-corrected chi connectivity index (χ2v) is 6.03. The van der Waals surface area contributed by atoms with Gasteiger partial charge in [-0.3, -0.25) is 14.5 Å². The van der Waals surface area contributed by atoms with Crippen LogP contribution >= 0.6 is 0 Å². The standard InChI is InChI=1S/C17H21N5O2/c1-19(2)8-5-7-16(23)21-10-11-22(17(24)13-21)15-12-20-9-4-3-6-14(20)18-15/h3-7,9,12H,8,10-11,13H2,1-2H3/b7-5+. The fourth-order valence-corrected chi connectivity index (χ4v) is 2.62. The van der Waals surface area contributed by atoms with Crippen LogP contribution in [0.15, 0.2) is 42.7 Å². The van der Waals surface area contributed by atoms with Gasteiger partial charge in [0.25, 0.3) is 0 Å². The first-order valence-electron chi connectivity index (χ1n) is 7.89. The van der Waals surface area contributed by atoms with E-state index in [4.69, 9.17) is 0 Å². The van der Waals surface area contributed by atoms with E-state index in [1.165, 1.54) is 6.08 Å². The van der Waals surface area contributed by atoms with Crippen LogP contribution in [-0.4, -0.2) is 71.3 Å². The normalized spacial score (nSPS) is 15.9. The van der Waals surface area contributed by atoms with Crippen LogP contribution in [0.25, 0.3) is 5.65 Å². The number of fused-ring (bicyclic) bond motifs is 1. The Kier molecular flexibility index (Phi) is 4.61. The van der Waals surface area contributed by atoms with E-state index in [1.54, 1.807) is 15.9 Å². The van der Waals surface area contributed by atoms with Crippen molar-refractivity contribution in [3.63, 3.8) is 0 Å². The Labute approximate surface area is 140 Å². The Morgan fingerprint density at radius 1 is 1.33 bits per heavy atom. The molecular formula is C17H21N5O2. The van der Waals surface area contributed by atoms with Gasteiger partial charge >= 0.3 is 0 Å². The van der Waals surface area contributed by atoms with Crippen LogP contribution in [0.2, 0.25) is 0 Å². The van der Waals surface area contributed by atoms with E-state index in [2.05, 4.69) is 4.98 Å². The number of pyridine rings is 1. The van der Waals surface area contributed by atoms with Gasteiger partial charge in [-0.1, -0.05) is 12.1 Å². The van der Waals surface area contributed by atoms with Gasteiger partial charge in [-0.15, -0.1) is 0 Å². The summed E-state index contributed by atoms with van der Waals surface area (Å²) in [5, 5.41) is 0. The van der Waals surface area contributed by atoms with Crippen molar-refractivity contribution < 1.29 is 9.59 Å². The minimum absolute atomic E-state index is 0.0824. The molecule has 0 radical (unpaired) electrons. The Balaban J connectivity index is 1.66. The number of hydrogen-bond donors (Lipinski definition) is 0. The molecule has 7 heteroatoms. The van der Waals surface area contributed by atoms with Gasteiger partial charge in [0.05, 0.1) is 6.20 Å². The number of nitrogens with zero attached hydrogens (tertiary/aromatic N) is 5. The maximum atomic E-state index is 12.4. The molecule has 2 amide bonds. The minimum atomic E-state index is -0.125. The number of aromatic nitrogens is 2. The number of rotatable bonds is 4. The van der Waals surface area contributed by atoms with Gasteiger partial charge in [-0.2, -0.15) is 0 Å². The molecule has 1 aliphatic heterocycles. The highest BCUT2D eigenvalue weighted by molar-refractivity contribution is 5.99. The highest BCUT2D eigenvalue weighted by Crippen LogP contribution is 2.17. The molecule has 0 spiro atoms. The molecule has 0 atom stereocenters. The van der Waals surface area contributed by atoms with E-state index in [-0.39, 0.29) is 18.4 Å². The zero-order valence-electron chi connectivity index (χ0n) is 13.9. The Hall–Kier alpha value is -2.67. The summed E-state index contributed by atoms with van der Waals surface area (Å²) >= 11 is 0. The number of piperazine rings is 1. The van der Waals surface area contributed by atoms with Gasteiger partial charge in [0.1, 0.15) is 12.2 Å². The molecule has 2 aromatic heterocycles. The lowest BCUT2D eigenvalue weighted by molar-refractivity contribution is -0.133. The average Bonchev–Trinajstić information content (AvgIpc) is 2.97. The van der Waals surface area contributed by atoms with Gasteiger partial charge in [0, 0.05) is 31.9 Å². The number of likely N-dealkylation sites (N-methyl/N-ethyl adjacent to an activating group) is 1. The van der Waals surface area contributed by atoms with Gasteiger partial charge in [0.2, 0.25) is 11.8 Å². The molecule has 1 aliphatic rings. The number of imidazole rings is 1. The molecule has 0 saturated carbocycles. The maximum Gasteiger partial charge on any atom is 0.247 e. The molecule has 0 N–H and O–H groups in total. The van der Waals surface area contributed by atoms with Crippen LogP contribution < -0.4 is 4.90 Å². The van der Waals surface area contributed by atoms with Crippen molar-refractivity contribution in [2.75, 3.05) is 45.2 Å². The Morgan fingerprint density at radius 2 is 2.17 bits per heavy atom. The monoisotopic (exact) mass is 327 g/mol. The maximum absolute atomic E-state index is 12.4. The molecule has 126 valence electrons. The topological polar surface area (TPSA) is 61.2 Å². The number of carbonyl (C=O) groups excluding carboxylic acids is 2. The van der Waals surface area contributed by atoms with E-state index in [0.29, 0.717) is 25.5 Å². The number of amides is 2. The van der Waals surface area contributed by atoms with Crippen molar-refractivity contribution in [3.8, 4) is 0 Å². The molecule has 1 saturated heterocycles. The highest BCUT2D eigenvalue weighted by Gasteiger charge is 2.28. The fourth-order valence-electron chi connectivity index (χ4n) is 2.62. The van der Waals surface area contributed by atoms with E-state index >= 15 is 0 Å². The van der Waals surface area contributed by atoms with Crippen LogP contribution in [0.3, 0.4) is 0 Å². The summed E-state index contributed by atoms with van der Waals surface area (Å²) in [4.78, 5) is 34.2. The van der Waals surface area contributed by atoms with Gasteiger partial charge < -0.3 is 14.2 Å². The average molecular weight is 327 g/mol. The van der Waals surface area contributed by atoms with Crippen molar-refractivity contribution in [1.82, 2.24) is 19.2 Å². The second-order valence-electron chi connectivity index (χ2n) is 6.03. The van der Waals surface area contributed by atoms with Gasteiger partial charge in [-0.05, 0) is 26.2 Å². The van der Waals surface area contributed by atoms with Crippen LogP contribution in [0, 0.1) is 0 Å². The zero-order chi connectivity index (χ0) is 17.1. The smallest absolute Gasteiger partial charge is 0.247 e. The van der Waals surface area contributed by atoms with Crippen molar-refractivity contribution >= 4 is 23.3 Å². The first-order chi connectivity index (χ1) is 11.5. The third kappa shape index (κ3) is 3.46. The number of anilines is 1. The summed E-state index contributed by atoms with van der Waals surface area (Å²) in [6.07, 6.45) is 7.07. The van der Waals surface area contributed by atoms with Gasteiger partial charge in [-0.25, -0.2) is 4.98 Å². The van der Waals surface area contributed by atoms with E-state index in [1.807, 2.05) is 54.0 Å². The Bertz CT molecular complexity index is 747. The lowest BCUT2D eigenvalue weighted by Crippen LogP contribution is -2.52. The number of hydrogen-bond acceptors (Lipinski definition) is 4. The summed E-state index contributed by atoms with van der Waals surface area (Å²) in [6.45, 7) is 1.74. The lowest BCUT2D eigenvalue weighted by Gasteiger charge is -2.32. The predicted molar refractivity (Wildman–Crippen MR) is 91.8 cm³/mol. The second kappa shape index (κ2) is 6.84. The van der Waals surface area contributed by atoms with Crippen molar-refractivity contribution in [2.24, 2.45) is 0 Å². The van der Waals surface area contributed by atoms with Crippen LogP contribution in [0.4, 0.5) is 5.82 Å². The van der Waals surface area contributed by atoms with Crippen LogP contribution in [0.5, 0.6) is 0 Å². The Morgan fingerprint density at radius 3 is 2.88 bits per heavy atom. The lowest BCUT2D eigenvalue weighted by atomic mass is 10.3. The third-order valence-corrected chi connectivity index (χ3v) is 3.89. The molecular weight excluding hydrogens is 306 g/mol. The van der Waals surface area contributed by atoms with Crippen molar-refractivity contribution in [3.05, 3.63) is 42.7 Å². The third-order valence-electron chi connectivity index (χ3n) is 3.89. The summed E-state index contributed by atoms with van der Waals surface area (Å²) in [5.41, 5.74) is 0.797. The predicted octanol–water partition coefficient (Wildman–Crippen LogP) is 0.627. The molecule has 7 nitrogen and oxygen atoms in total. The largest absolute Gasteiger partial charge is 0.328 e.